The number of ether oxygens (including phenoxy) is 1. The van der Waals surface area contributed by atoms with Crippen molar-refractivity contribution in [2.45, 2.75) is 32.7 Å². The summed E-state index contributed by atoms with van der Waals surface area (Å²) in [5, 5.41) is 3.94. The molecule has 1 aliphatic heterocycles. The topological polar surface area (TPSA) is 67.6 Å². The molecular weight excluding hydrogens is 386 g/mol. The van der Waals surface area contributed by atoms with Gasteiger partial charge < -0.3 is 19.4 Å². The van der Waals surface area contributed by atoms with Crippen molar-refractivity contribution in [3.8, 4) is 16.5 Å². The third-order valence-corrected chi connectivity index (χ3v) is 6.39. The summed E-state index contributed by atoms with van der Waals surface area (Å²) in [5.41, 5.74) is 1.93. The number of furan rings is 1. The fourth-order valence-corrected chi connectivity index (χ4v) is 4.52. The van der Waals surface area contributed by atoms with Crippen molar-refractivity contribution < 1.29 is 13.9 Å². The van der Waals surface area contributed by atoms with E-state index in [0.717, 1.165) is 48.1 Å². The Labute approximate surface area is 174 Å². The maximum Gasteiger partial charge on any atom is 0.263 e. The lowest BCUT2D eigenvalue weighted by Crippen LogP contribution is -2.44. The van der Waals surface area contributed by atoms with Crippen LogP contribution in [0.3, 0.4) is 0 Å². The molecule has 2 aromatic heterocycles. The zero-order valence-electron chi connectivity index (χ0n) is 16.9. The monoisotopic (exact) mass is 411 g/mol. The summed E-state index contributed by atoms with van der Waals surface area (Å²) in [7, 11) is 1.67. The molecule has 1 saturated heterocycles. The van der Waals surface area contributed by atoms with Crippen LogP contribution in [0.15, 0.2) is 40.8 Å². The number of aromatic nitrogens is 1. The predicted octanol–water partition coefficient (Wildman–Crippen LogP) is 4.43. The van der Waals surface area contributed by atoms with Crippen molar-refractivity contribution in [2.24, 2.45) is 0 Å². The first-order chi connectivity index (χ1) is 14.0. The molecule has 0 bridgehead atoms. The number of piperidine rings is 1. The van der Waals surface area contributed by atoms with Crippen LogP contribution in [-0.4, -0.2) is 37.1 Å². The molecule has 1 aromatic carbocycles. The van der Waals surface area contributed by atoms with Gasteiger partial charge in [-0.1, -0.05) is 0 Å². The van der Waals surface area contributed by atoms with E-state index >= 15 is 0 Å². The summed E-state index contributed by atoms with van der Waals surface area (Å²) in [4.78, 5) is 20.3. The lowest BCUT2D eigenvalue weighted by Gasteiger charge is -2.34. The van der Waals surface area contributed by atoms with Crippen LogP contribution < -0.4 is 15.0 Å². The zero-order chi connectivity index (χ0) is 20.4. The zero-order valence-corrected chi connectivity index (χ0v) is 17.7. The van der Waals surface area contributed by atoms with Gasteiger partial charge in [-0.25, -0.2) is 4.98 Å². The number of carbonyl (C=O) groups excluding carboxylic acids is 1. The fourth-order valence-electron chi connectivity index (χ4n) is 3.59. The minimum atomic E-state index is -0.0441. The molecule has 0 aliphatic carbocycles. The number of methoxy groups -OCH3 is 1. The Bertz CT molecular complexity index is 985. The van der Waals surface area contributed by atoms with Crippen LogP contribution in [0.2, 0.25) is 0 Å². The van der Waals surface area contributed by atoms with Gasteiger partial charge in [0.05, 0.1) is 12.8 Å². The molecular formula is C22H25N3O3S. The third-order valence-electron chi connectivity index (χ3n) is 5.22. The second-order valence-electron chi connectivity index (χ2n) is 7.28. The number of thiazole rings is 1. The lowest BCUT2D eigenvalue weighted by atomic mass is 10.0. The van der Waals surface area contributed by atoms with Crippen LogP contribution in [0.4, 0.5) is 5.69 Å². The molecule has 29 heavy (non-hydrogen) atoms. The van der Waals surface area contributed by atoms with E-state index in [4.69, 9.17) is 9.15 Å². The Morgan fingerprint density at radius 2 is 1.90 bits per heavy atom. The number of hydrogen-bond donors (Lipinski definition) is 1. The highest BCUT2D eigenvalue weighted by Gasteiger charge is 2.24. The number of benzene rings is 1. The lowest BCUT2D eigenvalue weighted by molar-refractivity contribution is 0.0934. The number of rotatable bonds is 5. The first-order valence-corrected chi connectivity index (χ1v) is 10.6. The quantitative estimate of drug-likeness (QED) is 0.673. The molecule has 4 rings (SSSR count). The van der Waals surface area contributed by atoms with Crippen LogP contribution >= 0.6 is 11.3 Å². The Kier molecular flexibility index (Phi) is 5.58. The Morgan fingerprint density at radius 3 is 2.52 bits per heavy atom. The molecule has 0 atom stereocenters. The molecule has 1 N–H and O–H groups in total. The van der Waals surface area contributed by atoms with Crippen molar-refractivity contribution in [1.82, 2.24) is 10.3 Å². The van der Waals surface area contributed by atoms with Crippen LogP contribution in [0.1, 0.15) is 34.0 Å². The van der Waals surface area contributed by atoms with Crippen molar-refractivity contribution >= 4 is 22.9 Å². The summed E-state index contributed by atoms with van der Waals surface area (Å²) < 4.78 is 10.9. The van der Waals surface area contributed by atoms with Crippen molar-refractivity contribution in [3.05, 3.63) is 52.7 Å². The molecule has 3 heterocycles. The van der Waals surface area contributed by atoms with E-state index in [-0.39, 0.29) is 11.9 Å². The largest absolute Gasteiger partial charge is 0.497 e. The van der Waals surface area contributed by atoms with Gasteiger partial charge in [-0.15, -0.1) is 11.3 Å². The predicted molar refractivity (Wildman–Crippen MR) is 115 cm³/mol. The Hall–Kier alpha value is -2.80. The molecule has 0 spiro atoms. The number of carbonyl (C=O) groups is 1. The highest BCUT2D eigenvalue weighted by atomic mass is 32.1. The summed E-state index contributed by atoms with van der Waals surface area (Å²) in [6.45, 7) is 5.60. The van der Waals surface area contributed by atoms with Crippen LogP contribution in [0.25, 0.3) is 10.8 Å². The molecule has 1 fully saturated rings. The van der Waals surface area contributed by atoms with Crippen LogP contribution in [0, 0.1) is 13.8 Å². The van der Waals surface area contributed by atoms with Crippen LogP contribution in [-0.2, 0) is 0 Å². The standard InChI is InChI=1S/C22H25N3O3S/c1-14-4-9-19(28-14)22-23-15(2)20(29-22)21(26)24-16-10-12-25(13-11-16)17-5-7-18(27-3)8-6-17/h4-9,16H,10-13H2,1-3H3,(H,24,26). The van der Waals surface area contributed by atoms with Gasteiger partial charge in [0.1, 0.15) is 16.4 Å². The summed E-state index contributed by atoms with van der Waals surface area (Å²) in [6.07, 6.45) is 1.83. The number of anilines is 1. The van der Waals surface area contributed by atoms with E-state index in [2.05, 4.69) is 27.3 Å². The van der Waals surface area contributed by atoms with E-state index < -0.39 is 0 Å². The van der Waals surface area contributed by atoms with E-state index in [1.54, 1.807) is 7.11 Å². The van der Waals surface area contributed by atoms with Gasteiger partial charge in [-0.05, 0) is 63.1 Å². The highest BCUT2D eigenvalue weighted by Crippen LogP contribution is 2.29. The molecule has 7 heteroatoms. The van der Waals surface area contributed by atoms with E-state index in [9.17, 15) is 4.79 Å². The second-order valence-corrected chi connectivity index (χ2v) is 8.28. The fraction of sp³-hybridized carbons (Fsp3) is 0.364. The van der Waals surface area contributed by atoms with Gasteiger partial charge >= 0.3 is 0 Å². The SMILES string of the molecule is COc1ccc(N2CCC(NC(=O)c3sc(-c4ccc(C)o4)nc3C)CC2)cc1. The maximum absolute atomic E-state index is 12.8. The number of amides is 1. The van der Waals surface area contributed by atoms with Crippen molar-refractivity contribution in [1.29, 1.82) is 0 Å². The molecule has 0 unspecified atom stereocenters. The normalized spacial score (nSPS) is 14.8. The van der Waals surface area contributed by atoms with Crippen LogP contribution in [0.5, 0.6) is 5.75 Å². The minimum absolute atomic E-state index is 0.0441. The van der Waals surface area contributed by atoms with Crippen molar-refractivity contribution in [3.63, 3.8) is 0 Å². The van der Waals surface area contributed by atoms with E-state index in [1.807, 2.05) is 38.1 Å². The molecule has 6 nitrogen and oxygen atoms in total. The average Bonchev–Trinajstić information content (AvgIpc) is 3.34. The first-order valence-electron chi connectivity index (χ1n) is 9.77. The number of aryl methyl sites for hydroxylation is 2. The molecule has 0 saturated carbocycles. The molecule has 0 radical (unpaired) electrons. The van der Waals surface area contributed by atoms with Crippen molar-refractivity contribution in [2.75, 3.05) is 25.1 Å². The molecule has 152 valence electrons. The highest BCUT2D eigenvalue weighted by molar-refractivity contribution is 7.17. The number of nitrogens with one attached hydrogen (secondary N) is 1. The second kappa shape index (κ2) is 8.29. The molecule has 1 aliphatic rings. The van der Waals surface area contributed by atoms with Gasteiger partial charge in [-0.2, -0.15) is 0 Å². The van der Waals surface area contributed by atoms with Gasteiger partial charge in [-0.3, -0.25) is 4.79 Å². The van der Waals surface area contributed by atoms with E-state index in [1.165, 1.54) is 17.0 Å². The van der Waals surface area contributed by atoms with Gasteiger partial charge in [0.25, 0.3) is 5.91 Å². The minimum Gasteiger partial charge on any atom is -0.497 e. The average molecular weight is 412 g/mol. The summed E-state index contributed by atoms with van der Waals surface area (Å²) in [5.74, 6) is 2.36. The summed E-state index contributed by atoms with van der Waals surface area (Å²) >= 11 is 1.38. The molecule has 3 aromatic rings. The first kappa shape index (κ1) is 19.5. The smallest absolute Gasteiger partial charge is 0.263 e. The van der Waals surface area contributed by atoms with E-state index in [0.29, 0.717) is 10.6 Å². The summed E-state index contributed by atoms with van der Waals surface area (Å²) in [6, 6.07) is 12.1. The molecule has 1 amide bonds. The Balaban J connectivity index is 1.35. The third kappa shape index (κ3) is 4.29. The maximum atomic E-state index is 12.8. The van der Waals surface area contributed by atoms with Gasteiger partial charge in [0.2, 0.25) is 0 Å². The van der Waals surface area contributed by atoms with Gasteiger partial charge in [0.15, 0.2) is 10.8 Å². The van der Waals surface area contributed by atoms with Gasteiger partial charge in [0, 0.05) is 24.8 Å². The number of hydrogen-bond acceptors (Lipinski definition) is 6. The Morgan fingerprint density at radius 1 is 1.17 bits per heavy atom. The number of nitrogens with zero attached hydrogens (tertiary/aromatic N) is 2.